The molecule has 8 heteroatoms. The van der Waals surface area contributed by atoms with Gasteiger partial charge in [0.05, 0.1) is 15.6 Å². The van der Waals surface area contributed by atoms with Crippen LogP contribution >= 0.6 is 11.8 Å². The van der Waals surface area contributed by atoms with Gasteiger partial charge < -0.3 is 10.6 Å². The summed E-state index contributed by atoms with van der Waals surface area (Å²) in [6.07, 6.45) is 3.14. The van der Waals surface area contributed by atoms with Crippen molar-refractivity contribution >= 4 is 29.3 Å². The van der Waals surface area contributed by atoms with Crippen molar-refractivity contribution in [3.8, 4) is 0 Å². The van der Waals surface area contributed by atoms with Gasteiger partial charge in [-0.05, 0) is 31.4 Å². The number of carbonyl (C=O) groups excluding carboxylic acids is 2. The molecule has 2 N–H and O–H groups in total. The first-order valence-electron chi connectivity index (χ1n) is 6.98. The van der Waals surface area contributed by atoms with E-state index in [0.717, 1.165) is 50.2 Å². The monoisotopic (exact) mass is 323 g/mol. The molecule has 7 nitrogen and oxygen atoms in total. The Morgan fingerprint density at radius 3 is 2.55 bits per heavy atom. The Balaban J connectivity index is 2.07. The summed E-state index contributed by atoms with van der Waals surface area (Å²) in [5.41, 5.74) is 5.00. The van der Waals surface area contributed by atoms with Crippen molar-refractivity contribution in [3.05, 3.63) is 33.9 Å². The molecule has 0 unspecified atom stereocenters. The lowest BCUT2D eigenvalue weighted by Gasteiger charge is -2.26. The van der Waals surface area contributed by atoms with Crippen LogP contribution in [0.5, 0.6) is 0 Å². The number of nitro benzene ring substituents is 1. The van der Waals surface area contributed by atoms with Crippen LogP contribution in [0.2, 0.25) is 0 Å². The van der Waals surface area contributed by atoms with Gasteiger partial charge >= 0.3 is 0 Å². The predicted octanol–water partition coefficient (Wildman–Crippen LogP) is 1.80. The first kappa shape index (κ1) is 16.3. The minimum Gasteiger partial charge on any atom is -0.366 e. The van der Waals surface area contributed by atoms with E-state index in [9.17, 15) is 19.7 Å². The zero-order valence-electron chi connectivity index (χ0n) is 12.0. The second kappa shape index (κ2) is 7.26. The van der Waals surface area contributed by atoms with E-state index in [1.165, 1.54) is 12.1 Å². The number of primary amides is 1. The van der Waals surface area contributed by atoms with Crippen LogP contribution in [0.4, 0.5) is 5.69 Å². The average Bonchev–Trinajstić information content (AvgIpc) is 2.53. The average molecular weight is 323 g/mol. The van der Waals surface area contributed by atoms with Crippen LogP contribution in [0.25, 0.3) is 0 Å². The molecule has 1 aromatic rings. The van der Waals surface area contributed by atoms with Crippen LogP contribution in [-0.4, -0.2) is 40.5 Å². The van der Waals surface area contributed by atoms with Gasteiger partial charge in [-0.3, -0.25) is 19.7 Å². The van der Waals surface area contributed by atoms with Crippen LogP contribution in [0.1, 0.15) is 29.6 Å². The van der Waals surface area contributed by atoms with Crippen LogP contribution in [0.15, 0.2) is 23.1 Å². The third kappa shape index (κ3) is 3.97. The fourth-order valence-electron chi connectivity index (χ4n) is 2.31. The van der Waals surface area contributed by atoms with Crippen molar-refractivity contribution in [2.24, 2.45) is 5.73 Å². The highest BCUT2D eigenvalue weighted by Crippen LogP contribution is 2.30. The maximum Gasteiger partial charge on any atom is 0.283 e. The number of amides is 2. The first-order valence-corrected chi connectivity index (χ1v) is 7.96. The summed E-state index contributed by atoms with van der Waals surface area (Å²) in [6.45, 7) is 1.50. The number of piperidine rings is 1. The number of nitro groups is 1. The summed E-state index contributed by atoms with van der Waals surface area (Å²) in [5.74, 6) is -0.585. The third-order valence-electron chi connectivity index (χ3n) is 3.50. The predicted molar refractivity (Wildman–Crippen MR) is 82.8 cm³/mol. The second-order valence-electron chi connectivity index (χ2n) is 5.03. The molecule has 1 fully saturated rings. The fourth-order valence-corrected chi connectivity index (χ4v) is 3.22. The number of thioether (sulfide) groups is 1. The van der Waals surface area contributed by atoms with E-state index < -0.39 is 10.8 Å². The second-order valence-corrected chi connectivity index (χ2v) is 6.05. The number of hydrogen-bond donors (Lipinski definition) is 1. The Morgan fingerprint density at radius 1 is 1.27 bits per heavy atom. The highest BCUT2D eigenvalue weighted by Gasteiger charge is 2.20. The van der Waals surface area contributed by atoms with Gasteiger partial charge in [-0.15, -0.1) is 11.8 Å². The van der Waals surface area contributed by atoms with E-state index in [1.54, 1.807) is 4.90 Å². The molecule has 22 heavy (non-hydrogen) atoms. The molecule has 0 spiro atoms. The van der Waals surface area contributed by atoms with Crippen molar-refractivity contribution in [2.75, 3.05) is 18.8 Å². The smallest absolute Gasteiger partial charge is 0.283 e. The molecule has 1 saturated heterocycles. The highest BCUT2D eigenvalue weighted by atomic mass is 32.2. The first-order chi connectivity index (χ1) is 10.5. The topological polar surface area (TPSA) is 107 Å². The number of nitrogens with two attached hydrogens (primary N) is 1. The normalized spacial score (nSPS) is 14.6. The van der Waals surface area contributed by atoms with Gasteiger partial charge in [0.2, 0.25) is 11.8 Å². The Morgan fingerprint density at radius 2 is 1.95 bits per heavy atom. The molecule has 0 saturated carbocycles. The molecule has 1 aliphatic rings. The number of likely N-dealkylation sites (tertiary alicyclic amines) is 1. The largest absolute Gasteiger partial charge is 0.366 e. The molecule has 2 rings (SSSR count). The Bertz CT molecular complexity index is 600. The lowest BCUT2D eigenvalue weighted by atomic mass is 10.1. The van der Waals surface area contributed by atoms with Crippen molar-refractivity contribution in [1.82, 2.24) is 4.90 Å². The van der Waals surface area contributed by atoms with Crippen LogP contribution in [0, 0.1) is 10.1 Å². The maximum absolute atomic E-state index is 12.1. The quantitative estimate of drug-likeness (QED) is 0.505. The van der Waals surface area contributed by atoms with Crippen LogP contribution < -0.4 is 5.73 Å². The van der Waals surface area contributed by atoms with E-state index in [0.29, 0.717) is 4.90 Å². The summed E-state index contributed by atoms with van der Waals surface area (Å²) in [5, 5.41) is 11.1. The minimum atomic E-state index is -0.718. The van der Waals surface area contributed by atoms with Crippen molar-refractivity contribution in [2.45, 2.75) is 24.2 Å². The molecule has 0 aromatic heterocycles. The standard InChI is InChI=1S/C14H17N3O4S/c15-14(19)10-4-5-12(11(8-10)17(20)21)22-9-13(18)16-6-2-1-3-7-16/h4-5,8H,1-3,6-7,9H2,(H2,15,19). The fraction of sp³-hybridized carbons (Fsp3) is 0.429. The van der Waals surface area contributed by atoms with E-state index in [4.69, 9.17) is 5.73 Å². The van der Waals surface area contributed by atoms with Gasteiger partial charge in [-0.2, -0.15) is 0 Å². The number of rotatable bonds is 5. The van der Waals surface area contributed by atoms with E-state index in [-0.39, 0.29) is 22.9 Å². The SMILES string of the molecule is NC(=O)c1ccc(SCC(=O)N2CCCCC2)c([N+](=O)[O-])c1. The number of hydrogen-bond acceptors (Lipinski definition) is 5. The molecule has 1 heterocycles. The van der Waals surface area contributed by atoms with Crippen LogP contribution in [0.3, 0.4) is 0 Å². The number of nitrogens with zero attached hydrogens (tertiary/aromatic N) is 2. The molecule has 0 atom stereocenters. The lowest BCUT2D eigenvalue weighted by Crippen LogP contribution is -2.36. The molecular formula is C14H17N3O4S. The van der Waals surface area contributed by atoms with Crippen molar-refractivity contribution in [1.29, 1.82) is 0 Å². The number of carbonyl (C=O) groups is 2. The molecular weight excluding hydrogens is 306 g/mol. The van der Waals surface area contributed by atoms with Gasteiger partial charge in [0.1, 0.15) is 0 Å². The summed E-state index contributed by atoms with van der Waals surface area (Å²) in [4.78, 5) is 35.9. The zero-order chi connectivity index (χ0) is 16.1. The Hall–Kier alpha value is -2.09. The van der Waals surface area contributed by atoms with Crippen molar-refractivity contribution < 1.29 is 14.5 Å². The maximum atomic E-state index is 12.1. The van der Waals surface area contributed by atoms with Gasteiger partial charge in [0.25, 0.3) is 5.69 Å². The minimum absolute atomic E-state index is 0.0158. The van der Waals surface area contributed by atoms with Gasteiger partial charge in [0, 0.05) is 24.7 Å². The molecule has 1 aromatic carbocycles. The van der Waals surface area contributed by atoms with E-state index in [1.807, 2.05) is 0 Å². The summed E-state index contributed by atoms with van der Waals surface area (Å²) >= 11 is 1.11. The molecule has 1 aliphatic heterocycles. The Labute approximate surface area is 132 Å². The molecule has 118 valence electrons. The summed E-state index contributed by atoms with van der Waals surface area (Å²) < 4.78 is 0. The van der Waals surface area contributed by atoms with Gasteiger partial charge in [-0.1, -0.05) is 0 Å². The molecule has 0 aliphatic carbocycles. The third-order valence-corrected chi connectivity index (χ3v) is 4.55. The van der Waals surface area contributed by atoms with Crippen molar-refractivity contribution in [3.63, 3.8) is 0 Å². The Kier molecular flexibility index (Phi) is 5.37. The summed E-state index contributed by atoms with van der Waals surface area (Å²) in [6, 6.07) is 4.05. The summed E-state index contributed by atoms with van der Waals surface area (Å²) in [7, 11) is 0. The lowest BCUT2D eigenvalue weighted by molar-refractivity contribution is -0.387. The molecule has 0 radical (unpaired) electrons. The van der Waals surface area contributed by atoms with Gasteiger partial charge in [0.15, 0.2) is 0 Å². The molecule has 0 bridgehead atoms. The number of benzene rings is 1. The van der Waals surface area contributed by atoms with Crippen LogP contribution in [-0.2, 0) is 4.79 Å². The highest BCUT2D eigenvalue weighted by molar-refractivity contribution is 8.00. The van der Waals surface area contributed by atoms with E-state index in [2.05, 4.69) is 0 Å². The van der Waals surface area contributed by atoms with Gasteiger partial charge in [-0.25, -0.2) is 0 Å². The van der Waals surface area contributed by atoms with E-state index >= 15 is 0 Å². The zero-order valence-corrected chi connectivity index (χ0v) is 12.8. The molecule has 2 amide bonds.